The first-order valence-electron chi connectivity index (χ1n) is 6.83. The Morgan fingerprint density at radius 3 is 2.15 bits per heavy atom. The molecule has 0 aliphatic rings. The molecule has 0 bridgehead atoms. The Bertz CT molecular complexity index is 548. The van der Waals surface area contributed by atoms with Gasteiger partial charge in [-0.2, -0.15) is 4.31 Å². The summed E-state index contributed by atoms with van der Waals surface area (Å²) in [6.07, 6.45) is 4.93. The monoisotopic (exact) mass is 301 g/mol. The summed E-state index contributed by atoms with van der Waals surface area (Å²) in [6, 6.07) is 0. The molecule has 5 nitrogen and oxygen atoms in total. The highest BCUT2D eigenvalue weighted by Gasteiger charge is 2.29. The van der Waals surface area contributed by atoms with E-state index in [1.807, 2.05) is 31.5 Å². The Balaban J connectivity index is 2.93. The average Bonchev–Trinajstić information content (AvgIpc) is 2.60. The first-order valence-corrected chi connectivity index (χ1v) is 8.68. The van der Waals surface area contributed by atoms with Gasteiger partial charge in [0.25, 0.3) is 0 Å². The van der Waals surface area contributed by atoms with E-state index in [-0.39, 0.29) is 5.41 Å². The predicted octanol–water partition coefficient (Wildman–Crippen LogP) is 2.24. The number of hydrogen-bond acceptors (Lipinski definition) is 3. The highest BCUT2D eigenvalue weighted by Crippen LogP contribution is 2.21. The number of rotatable bonds is 4. The minimum atomic E-state index is -3.22. The largest absolute Gasteiger partial charge is 0.333 e. The summed E-state index contributed by atoms with van der Waals surface area (Å²) in [5, 5.41) is 0. The number of aromatic nitrogens is 2. The molecule has 0 fully saturated rings. The average molecular weight is 301 g/mol. The topological polar surface area (TPSA) is 55.2 Å². The number of imidazole rings is 1. The third-order valence-corrected chi connectivity index (χ3v) is 4.61. The van der Waals surface area contributed by atoms with E-state index < -0.39 is 15.6 Å². The number of nitrogens with zero attached hydrogens (tertiary/aromatic N) is 3. The molecular weight excluding hydrogens is 274 g/mol. The molecule has 0 radical (unpaired) electrons. The molecule has 6 heteroatoms. The van der Waals surface area contributed by atoms with Crippen LogP contribution in [0, 0.1) is 0 Å². The van der Waals surface area contributed by atoms with Crippen molar-refractivity contribution in [2.24, 2.45) is 0 Å². The van der Waals surface area contributed by atoms with Crippen molar-refractivity contribution in [2.45, 2.75) is 59.0 Å². The van der Waals surface area contributed by atoms with Crippen LogP contribution in [0.5, 0.6) is 0 Å². The zero-order valence-electron chi connectivity index (χ0n) is 13.6. The van der Waals surface area contributed by atoms with Crippen molar-refractivity contribution < 1.29 is 8.42 Å². The van der Waals surface area contributed by atoms with Crippen molar-refractivity contribution >= 4 is 10.0 Å². The molecule has 20 heavy (non-hydrogen) atoms. The molecule has 0 saturated carbocycles. The first-order chi connectivity index (χ1) is 8.83. The fourth-order valence-corrected chi connectivity index (χ4v) is 3.74. The van der Waals surface area contributed by atoms with Gasteiger partial charge in [0.05, 0.1) is 6.26 Å². The Kier molecular flexibility index (Phi) is 4.71. The van der Waals surface area contributed by atoms with Gasteiger partial charge >= 0.3 is 0 Å². The van der Waals surface area contributed by atoms with Crippen LogP contribution in [-0.2, 0) is 22.0 Å². The molecule has 0 aliphatic carbocycles. The maximum absolute atomic E-state index is 11.9. The fraction of sp³-hybridized carbons (Fsp3) is 0.786. The van der Waals surface area contributed by atoms with Crippen LogP contribution in [0.2, 0.25) is 0 Å². The molecule has 0 N–H and O–H groups in total. The second-order valence-corrected chi connectivity index (χ2v) is 9.11. The second-order valence-electron chi connectivity index (χ2n) is 7.20. The van der Waals surface area contributed by atoms with Crippen molar-refractivity contribution in [3.63, 3.8) is 0 Å². The van der Waals surface area contributed by atoms with Gasteiger partial charge in [-0.3, -0.25) is 0 Å². The maximum atomic E-state index is 11.9. The predicted molar refractivity (Wildman–Crippen MR) is 82.2 cm³/mol. The van der Waals surface area contributed by atoms with Gasteiger partial charge in [-0.25, -0.2) is 13.4 Å². The molecule has 1 aromatic heterocycles. The molecule has 0 spiro atoms. The van der Waals surface area contributed by atoms with E-state index in [4.69, 9.17) is 0 Å². The SMILES string of the molecule is CC(C)(C)c1nccn1CCN(C(C)(C)C)S(C)(=O)=O. The quantitative estimate of drug-likeness (QED) is 0.857. The van der Waals surface area contributed by atoms with Gasteiger partial charge in [0.2, 0.25) is 10.0 Å². The van der Waals surface area contributed by atoms with Crippen LogP contribution in [0.3, 0.4) is 0 Å². The molecule has 1 heterocycles. The molecule has 0 saturated heterocycles. The van der Waals surface area contributed by atoms with Crippen LogP contribution in [-0.4, -0.2) is 40.6 Å². The number of hydrogen-bond donors (Lipinski definition) is 0. The summed E-state index contributed by atoms with van der Waals surface area (Å²) >= 11 is 0. The molecule has 1 rings (SSSR count). The molecule has 0 atom stereocenters. The Morgan fingerprint density at radius 1 is 1.20 bits per heavy atom. The van der Waals surface area contributed by atoms with Gasteiger partial charge in [-0.15, -0.1) is 0 Å². The van der Waals surface area contributed by atoms with Gasteiger partial charge < -0.3 is 4.57 Å². The molecular formula is C14H27N3O2S. The van der Waals surface area contributed by atoms with Crippen LogP contribution in [0.15, 0.2) is 12.4 Å². The smallest absolute Gasteiger partial charge is 0.211 e. The van der Waals surface area contributed by atoms with Crippen LogP contribution in [0.25, 0.3) is 0 Å². The highest BCUT2D eigenvalue weighted by atomic mass is 32.2. The summed E-state index contributed by atoms with van der Waals surface area (Å²) in [5.41, 5.74) is -0.475. The molecule has 0 amide bonds. The summed E-state index contributed by atoms with van der Waals surface area (Å²) < 4.78 is 27.4. The van der Waals surface area contributed by atoms with Gasteiger partial charge in [0, 0.05) is 36.4 Å². The summed E-state index contributed by atoms with van der Waals surface area (Å²) in [5.74, 6) is 0.972. The Hall–Kier alpha value is -0.880. The van der Waals surface area contributed by atoms with E-state index in [0.29, 0.717) is 13.1 Å². The standard InChI is InChI=1S/C14H27N3O2S/c1-13(2,3)12-15-8-9-16(12)10-11-17(14(4,5)6)20(7,18)19/h8-9H,10-11H2,1-7H3. The van der Waals surface area contributed by atoms with E-state index in [2.05, 4.69) is 25.8 Å². The van der Waals surface area contributed by atoms with Crippen molar-refractivity contribution in [3.8, 4) is 0 Å². The zero-order valence-corrected chi connectivity index (χ0v) is 14.5. The van der Waals surface area contributed by atoms with E-state index in [1.54, 1.807) is 6.20 Å². The third-order valence-electron chi connectivity index (χ3n) is 3.08. The van der Waals surface area contributed by atoms with Crippen LogP contribution in [0.4, 0.5) is 0 Å². The lowest BCUT2D eigenvalue weighted by Gasteiger charge is -2.33. The lowest BCUT2D eigenvalue weighted by atomic mass is 9.96. The minimum Gasteiger partial charge on any atom is -0.333 e. The molecule has 0 aromatic carbocycles. The van der Waals surface area contributed by atoms with Gasteiger partial charge in [0.15, 0.2) is 0 Å². The second kappa shape index (κ2) is 5.48. The van der Waals surface area contributed by atoms with E-state index in [9.17, 15) is 8.42 Å². The van der Waals surface area contributed by atoms with Gasteiger partial charge in [-0.05, 0) is 20.8 Å². The zero-order chi connectivity index (χ0) is 15.8. The van der Waals surface area contributed by atoms with Crippen molar-refractivity contribution in [1.29, 1.82) is 0 Å². The fourth-order valence-electron chi connectivity index (χ4n) is 2.33. The summed E-state index contributed by atoms with van der Waals surface area (Å²) in [7, 11) is -3.22. The Morgan fingerprint density at radius 2 is 1.75 bits per heavy atom. The molecule has 0 unspecified atom stereocenters. The number of sulfonamides is 1. The maximum Gasteiger partial charge on any atom is 0.211 e. The van der Waals surface area contributed by atoms with Crippen LogP contribution >= 0.6 is 0 Å². The van der Waals surface area contributed by atoms with Crippen molar-refractivity contribution in [3.05, 3.63) is 18.2 Å². The van der Waals surface area contributed by atoms with Gasteiger partial charge in [0.1, 0.15) is 5.82 Å². The Labute approximate surface area is 123 Å². The summed E-state index contributed by atoms with van der Waals surface area (Å²) in [4.78, 5) is 4.38. The van der Waals surface area contributed by atoms with Crippen LogP contribution < -0.4 is 0 Å². The van der Waals surface area contributed by atoms with Gasteiger partial charge in [-0.1, -0.05) is 20.8 Å². The summed E-state index contributed by atoms with van der Waals surface area (Å²) in [6.45, 7) is 13.1. The van der Waals surface area contributed by atoms with E-state index in [0.717, 1.165) is 5.82 Å². The molecule has 0 aliphatic heterocycles. The lowest BCUT2D eigenvalue weighted by Crippen LogP contribution is -2.46. The van der Waals surface area contributed by atoms with E-state index >= 15 is 0 Å². The first kappa shape index (κ1) is 17.2. The molecule has 1 aromatic rings. The highest BCUT2D eigenvalue weighted by molar-refractivity contribution is 7.88. The van der Waals surface area contributed by atoms with E-state index in [1.165, 1.54) is 10.6 Å². The van der Waals surface area contributed by atoms with Crippen molar-refractivity contribution in [1.82, 2.24) is 13.9 Å². The minimum absolute atomic E-state index is 0.0544. The van der Waals surface area contributed by atoms with Crippen molar-refractivity contribution in [2.75, 3.05) is 12.8 Å². The van der Waals surface area contributed by atoms with Crippen LogP contribution in [0.1, 0.15) is 47.4 Å². The lowest BCUT2D eigenvalue weighted by molar-refractivity contribution is 0.241. The molecule has 116 valence electrons. The third kappa shape index (κ3) is 4.31. The normalized spacial score (nSPS) is 14.0.